The van der Waals surface area contributed by atoms with Crippen LogP contribution in [0.15, 0.2) is 12.3 Å². The third kappa shape index (κ3) is 4.44. The lowest BCUT2D eigenvalue weighted by Gasteiger charge is -2.12. The first-order valence-corrected chi connectivity index (χ1v) is 5.59. The highest BCUT2D eigenvalue weighted by Gasteiger charge is 2.00. The standard InChI is InChI=1S/C11H21N5/c1-9(12)5-4-7-13-10-6-8-14-11(15-10)16(2)3/h6,8-9H,4-5,7,12H2,1-3H3,(H,13,14,15). The maximum absolute atomic E-state index is 5.68. The number of rotatable bonds is 6. The Morgan fingerprint density at radius 3 is 2.88 bits per heavy atom. The average molecular weight is 223 g/mol. The van der Waals surface area contributed by atoms with E-state index in [9.17, 15) is 0 Å². The lowest BCUT2D eigenvalue weighted by atomic mass is 10.2. The summed E-state index contributed by atoms with van der Waals surface area (Å²) in [5.41, 5.74) is 5.68. The van der Waals surface area contributed by atoms with E-state index in [4.69, 9.17) is 5.73 Å². The molecule has 1 unspecified atom stereocenters. The third-order valence-electron chi connectivity index (χ3n) is 2.19. The van der Waals surface area contributed by atoms with Crippen LogP contribution in [0, 0.1) is 0 Å². The van der Waals surface area contributed by atoms with Gasteiger partial charge in [-0.15, -0.1) is 0 Å². The molecule has 0 fully saturated rings. The highest BCUT2D eigenvalue weighted by molar-refractivity contribution is 5.40. The molecule has 0 saturated heterocycles. The summed E-state index contributed by atoms with van der Waals surface area (Å²) in [6.45, 7) is 2.92. The number of hydrogen-bond donors (Lipinski definition) is 2. The van der Waals surface area contributed by atoms with Gasteiger partial charge < -0.3 is 16.0 Å². The molecule has 1 atom stereocenters. The summed E-state index contributed by atoms with van der Waals surface area (Å²) in [5.74, 6) is 1.58. The van der Waals surface area contributed by atoms with E-state index in [1.165, 1.54) is 0 Å². The molecule has 0 saturated carbocycles. The van der Waals surface area contributed by atoms with Crippen molar-refractivity contribution in [1.29, 1.82) is 0 Å². The first-order valence-electron chi connectivity index (χ1n) is 5.59. The molecule has 5 nitrogen and oxygen atoms in total. The fraction of sp³-hybridized carbons (Fsp3) is 0.636. The maximum Gasteiger partial charge on any atom is 0.226 e. The minimum absolute atomic E-state index is 0.268. The maximum atomic E-state index is 5.68. The number of aromatic nitrogens is 2. The average Bonchev–Trinajstić information content (AvgIpc) is 2.24. The SMILES string of the molecule is CC(N)CCCNc1ccnc(N(C)C)n1. The molecule has 0 aliphatic rings. The van der Waals surface area contributed by atoms with Gasteiger partial charge in [0.2, 0.25) is 5.95 Å². The molecule has 90 valence electrons. The second-order valence-corrected chi connectivity index (χ2v) is 4.18. The van der Waals surface area contributed by atoms with E-state index in [2.05, 4.69) is 15.3 Å². The summed E-state index contributed by atoms with van der Waals surface area (Å²) in [6.07, 6.45) is 3.84. The molecule has 0 bridgehead atoms. The summed E-state index contributed by atoms with van der Waals surface area (Å²) in [6, 6.07) is 2.14. The lowest BCUT2D eigenvalue weighted by molar-refractivity contribution is 0.639. The molecule has 0 amide bonds. The summed E-state index contributed by atoms with van der Waals surface area (Å²) in [4.78, 5) is 10.4. The third-order valence-corrected chi connectivity index (χ3v) is 2.19. The molecule has 1 rings (SSSR count). The van der Waals surface area contributed by atoms with Crippen LogP contribution < -0.4 is 16.0 Å². The van der Waals surface area contributed by atoms with Crippen molar-refractivity contribution in [2.24, 2.45) is 5.73 Å². The largest absolute Gasteiger partial charge is 0.370 e. The smallest absolute Gasteiger partial charge is 0.226 e. The number of hydrogen-bond acceptors (Lipinski definition) is 5. The molecule has 0 radical (unpaired) electrons. The van der Waals surface area contributed by atoms with Gasteiger partial charge in [0, 0.05) is 32.9 Å². The van der Waals surface area contributed by atoms with Gasteiger partial charge in [0.25, 0.3) is 0 Å². The molecule has 3 N–H and O–H groups in total. The summed E-state index contributed by atoms with van der Waals surface area (Å²) < 4.78 is 0. The van der Waals surface area contributed by atoms with E-state index >= 15 is 0 Å². The molecular formula is C11H21N5. The van der Waals surface area contributed by atoms with E-state index in [0.29, 0.717) is 0 Å². The van der Waals surface area contributed by atoms with Crippen molar-refractivity contribution in [2.75, 3.05) is 30.9 Å². The van der Waals surface area contributed by atoms with Gasteiger partial charge in [-0.3, -0.25) is 0 Å². The summed E-state index contributed by atoms with van der Waals surface area (Å²) in [5, 5.41) is 3.26. The van der Waals surface area contributed by atoms with Crippen molar-refractivity contribution in [1.82, 2.24) is 9.97 Å². The van der Waals surface area contributed by atoms with Crippen LogP contribution in [0.2, 0.25) is 0 Å². The molecule has 0 spiro atoms. The minimum Gasteiger partial charge on any atom is -0.370 e. The van der Waals surface area contributed by atoms with Crippen molar-refractivity contribution in [3.05, 3.63) is 12.3 Å². The molecule has 1 heterocycles. The second-order valence-electron chi connectivity index (χ2n) is 4.18. The molecule has 0 aromatic carbocycles. The van der Waals surface area contributed by atoms with E-state index in [1.807, 2.05) is 32.0 Å². The van der Waals surface area contributed by atoms with Gasteiger partial charge >= 0.3 is 0 Å². The fourth-order valence-corrected chi connectivity index (χ4v) is 1.30. The van der Waals surface area contributed by atoms with Crippen LogP contribution >= 0.6 is 0 Å². The van der Waals surface area contributed by atoms with Gasteiger partial charge in [0.15, 0.2) is 0 Å². The lowest BCUT2D eigenvalue weighted by Crippen LogP contribution is -2.17. The van der Waals surface area contributed by atoms with Crippen molar-refractivity contribution < 1.29 is 0 Å². The van der Waals surface area contributed by atoms with Crippen molar-refractivity contribution in [3.8, 4) is 0 Å². The predicted molar refractivity (Wildman–Crippen MR) is 67.7 cm³/mol. The zero-order valence-corrected chi connectivity index (χ0v) is 10.3. The topological polar surface area (TPSA) is 67.1 Å². The van der Waals surface area contributed by atoms with Gasteiger partial charge in [0.1, 0.15) is 5.82 Å². The van der Waals surface area contributed by atoms with Crippen LogP contribution in [0.5, 0.6) is 0 Å². The Balaban J connectivity index is 2.39. The number of nitrogens with two attached hydrogens (primary N) is 1. The van der Waals surface area contributed by atoms with Gasteiger partial charge in [0.05, 0.1) is 0 Å². The number of anilines is 2. The first-order chi connectivity index (χ1) is 7.59. The quantitative estimate of drug-likeness (QED) is 0.706. The highest BCUT2D eigenvalue weighted by Crippen LogP contribution is 2.07. The molecule has 1 aromatic rings. The molecule has 1 aromatic heterocycles. The van der Waals surface area contributed by atoms with Crippen molar-refractivity contribution >= 4 is 11.8 Å². The van der Waals surface area contributed by atoms with E-state index < -0.39 is 0 Å². The Morgan fingerprint density at radius 2 is 2.25 bits per heavy atom. The Kier molecular flexibility index (Phi) is 4.98. The molecule has 5 heteroatoms. The Labute approximate surface area is 97.1 Å². The van der Waals surface area contributed by atoms with Crippen molar-refractivity contribution in [2.45, 2.75) is 25.8 Å². The minimum atomic E-state index is 0.268. The first kappa shape index (κ1) is 12.7. The zero-order chi connectivity index (χ0) is 12.0. The van der Waals surface area contributed by atoms with Gasteiger partial charge in [-0.2, -0.15) is 4.98 Å². The second kappa shape index (κ2) is 6.27. The molecular weight excluding hydrogens is 202 g/mol. The fourth-order valence-electron chi connectivity index (χ4n) is 1.30. The Hall–Kier alpha value is -1.36. The summed E-state index contributed by atoms with van der Waals surface area (Å²) in [7, 11) is 3.85. The molecule has 16 heavy (non-hydrogen) atoms. The van der Waals surface area contributed by atoms with E-state index in [-0.39, 0.29) is 6.04 Å². The van der Waals surface area contributed by atoms with Crippen LogP contribution in [-0.4, -0.2) is 36.6 Å². The van der Waals surface area contributed by atoms with E-state index in [1.54, 1.807) is 6.20 Å². The van der Waals surface area contributed by atoms with Crippen LogP contribution in [0.4, 0.5) is 11.8 Å². The van der Waals surface area contributed by atoms with Crippen LogP contribution in [0.1, 0.15) is 19.8 Å². The molecule has 0 aliphatic carbocycles. The number of nitrogens with zero attached hydrogens (tertiary/aromatic N) is 3. The monoisotopic (exact) mass is 223 g/mol. The van der Waals surface area contributed by atoms with Crippen LogP contribution in [0.3, 0.4) is 0 Å². The van der Waals surface area contributed by atoms with Gasteiger partial charge in [-0.25, -0.2) is 4.98 Å². The normalized spacial score (nSPS) is 12.2. The number of nitrogens with one attached hydrogen (secondary N) is 1. The summed E-state index contributed by atoms with van der Waals surface area (Å²) >= 11 is 0. The zero-order valence-electron chi connectivity index (χ0n) is 10.3. The van der Waals surface area contributed by atoms with Crippen molar-refractivity contribution in [3.63, 3.8) is 0 Å². The van der Waals surface area contributed by atoms with Gasteiger partial charge in [-0.1, -0.05) is 0 Å². The highest BCUT2D eigenvalue weighted by atomic mass is 15.2. The van der Waals surface area contributed by atoms with Crippen LogP contribution in [-0.2, 0) is 0 Å². The Morgan fingerprint density at radius 1 is 1.50 bits per heavy atom. The van der Waals surface area contributed by atoms with Gasteiger partial charge in [-0.05, 0) is 25.8 Å². The predicted octanol–water partition coefficient (Wildman–Crippen LogP) is 1.08. The molecule has 0 aliphatic heterocycles. The van der Waals surface area contributed by atoms with Crippen LogP contribution in [0.25, 0.3) is 0 Å². The van der Waals surface area contributed by atoms with E-state index in [0.717, 1.165) is 31.2 Å². The Bertz CT molecular complexity index is 311.